The third-order valence-corrected chi connectivity index (χ3v) is 1.41. The van der Waals surface area contributed by atoms with E-state index in [0.29, 0.717) is 6.26 Å². The van der Waals surface area contributed by atoms with E-state index in [1.54, 1.807) is 0 Å². The predicted molar refractivity (Wildman–Crippen MR) is 29.1 cm³/mol. The van der Waals surface area contributed by atoms with Crippen molar-refractivity contribution in [3.8, 4) is 0 Å². The molecule has 0 N–H and O–H groups in total. The summed E-state index contributed by atoms with van der Waals surface area (Å²) in [5.41, 5.74) is 0. The molecule has 64 valence electrons. The molecule has 3 nitrogen and oxygen atoms in total. The summed E-state index contributed by atoms with van der Waals surface area (Å²) in [7, 11) is 0. The highest BCUT2D eigenvalue weighted by molar-refractivity contribution is 7.75. The molecule has 1 rings (SSSR count). The van der Waals surface area contributed by atoms with Crippen LogP contribution in [0.3, 0.4) is 0 Å². The third-order valence-electron chi connectivity index (χ3n) is 0.808. The van der Waals surface area contributed by atoms with Crippen LogP contribution in [-0.4, -0.2) is 10.4 Å². The van der Waals surface area contributed by atoms with Crippen LogP contribution in [-0.2, 0) is 19.7 Å². The van der Waals surface area contributed by atoms with E-state index >= 15 is 0 Å². The van der Waals surface area contributed by atoms with E-state index in [2.05, 4.69) is 8.37 Å². The van der Waals surface area contributed by atoms with Crippen LogP contribution in [0, 0.1) is 0 Å². The number of hydrogen-bond acceptors (Lipinski definition) is 3. The van der Waals surface area contributed by atoms with Gasteiger partial charge in [0.15, 0.2) is 5.76 Å². The minimum atomic E-state index is -4.36. The van der Waals surface area contributed by atoms with Crippen LogP contribution in [0.25, 0.3) is 0 Å². The second-order valence-electron chi connectivity index (χ2n) is 1.76. The Morgan fingerprint density at radius 2 is 2.18 bits per heavy atom. The SMILES string of the molecule is O=S1OC=C(CC(F)(F)F)O1. The zero-order valence-corrected chi connectivity index (χ0v) is 5.87. The lowest BCUT2D eigenvalue weighted by molar-refractivity contribution is -0.131. The number of halogens is 3. The highest BCUT2D eigenvalue weighted by Gasteiger charge is 2.33. The molecule has 1 heterocycles. The van der Waals surface area contributed by atoms with Gasteiger partial charge in [-0.1, -0.05) is 0 Å². The summed E-state index contributed by atoms with van der Waals surface area (Å²) >= 11 is -2.08. The summed E-state index contributed by atoms with van der Waals surface area (Å²) in [4.78, 5) is 0. The predicted octanol–water partition coefficient (Wildman–Crippen LogP) is 1.41. The van der Waals surface area contributed by atoms with Crippen molar-refractivity contribution in [3.05, 3.63) is 12.0 Å². The normalized spacial score (nSPS) is 23.9. The fourth-order valence-electron chi connectivity index (χ4n) is 0.488. The molecule has 11 heavy (non-hydrogen) atoms. The second kappa shape index (κ2) is 2.72. The summed E-state index contributed by atoms with van der Waals surface area (Å²) in [5, 5.41) is 0. The molecule has 1 aliphatic heterocycles. The zero-order chi connectivity index (χ0) is 8.48. The van der Waals surface area contributed by atoms with E-state index in [-0.39, 0.29) is 0 Å². The Morgan fingerprint density at radius 3 is 2.55 bits per heavy atom. The number of hydrogen-bond donors (Lipinski definition) is 0. The van der Waals surface area contributed by atoms with E-state index in [9.17, 15) is 17.4 Å². The Labute approximate surface area is 62.7 Å². The van der Waals surface area contributed by atoms with Crippen molar-refractivity contribution in [2.24, 2.45) is 0 Å². The number of allylic oxidation sites excluding steroid dienone is 1. The maximum atomic E-state index is 11.6. The van der Waals surface area contributed by atoms with Crippen molar-refractivity contribution in [1.82, 2.24) is 0 Å². The van der Waals surface area contributed by atoms with Crippen LogP contribution in [0.5, 0.6) is 0 Å². The van der Waals surface area contributed by atoms with Gasteiger partial charge in [-0.3, -0.25) is 0 Å². The minimum absolute atomic E-state index is 0.462. The topological polar surface area (TPSA) is 35.5 Å². The molecule has 0 aromatic heterocycles. The Kier molecular flexibility index (Phi) is 2.08. The maximum absolute atomic E-state index is 11.6. The van der Waals surface area contributed by atoms with Crippen molar-refractivity contribution in [3.63, 3.8) is 0 Å². The van der Waals surface area contributed by atoms with Crippen LogP contribution >= 0.6 is 0 Å². The van der Waals surface area contributed by atoms with Gasteiger partial charge in [-0.05, 0) is 0 Å². The number of rotatable bonds is 1. The summed E-state index contributed by atoms with van der Waals surface area (Å²) in [6.45, 7) is 0. The zero-order valence-electron chi connectivity index (χ0n) is 5.05. The smallest absolute Gasteiger partial charge is 0.375 e. The van der Waals surface area contributed by atoms with Crippen molar-refractivity contribution in [2.75, 3.05) is 0 Å². The quantitative estimate of drug-likeness (QED) is 0.624. The van der Waals surface area contributed by atoms with Crippen LogP contribution < -0.4 is 0 Å². The van der Waals surface area contributed by atoms with Gasteiger partial charge in [-0.15, -0.1) is 0 Å². The van der Waals surface area contributed by atoms with Crippen LogP contribution in [0.15, 0.2) is 12.0 Å². The molecule has 0 bridgehead atoms. The molecule has 0 fully saturated rings. The fourth-order valence-corrected chi connectivity index (χ4v) is 0.986. The van der Waals surface area contributed by atoms with E-state index < -0.39 is 29.7 Å². The van der Waals surface area contributed by atoms with Crippen molar-refractivity contribution in [1.29, 1.82) is 0 Å². The average Bonchev–Trinajstić information content (AvgIpc) is 2.10. The molecule has 0 spiro atoms. The van der Waals surface area contributed by atoms with Crippen molar-refractivity contribution < 1.29 is 25.7 Å². The first-order valence-electron chi connectivity index (χ1n) is 2.50. The van der Waals surface area contributed by atoms with Gasteiger partial charge in [-0.2, -0.15) is 17.4 Å². The van der Waals surface area contributed by atoms with E-state index in [1.165, 1.54) is 0 Å². The van der Waals surface area contributed by atoms with Gasteiger partial charge in [0, 0.05) is 0 Å². The molecule has 1 unspecified atom stereocenters. The van der Waals surface area contributed by atoms with Gasteiger partial charge in [0.1, 0.15) is 12.7 Å². The van der Waals surface area contributed by atoms with Crippen LogP contribution in [0.1, 0.15) is 6.42 Å². The van der Waals surface area contributed by atoms with Crippen molar-refractivity contribution >= 4 is 11.4 Å². The largest absolute Gasteiger partial charge is 0.417 e. The summed E-state index contributed by atoms with van der Waals surface area (Å²) in [5.74, 6) is -0.462. The Hall–Kier alpha value is -0.720. The molecule has 1 atom stereocenters. The average molecular weight is 188 g/mol. The lowest BCUT2D eigenvalue weighted by Gasteiger charge is -2.03. The van der Waals surface area contributed by atoms with Gasteiger partial charge < -0.3 is 8.37 Å². The standard InChI is InChI=1S/C4H3F3O3S/c5-4(6,7)1-3-2-9-11(8)10-3/h2H,1H2. The highest BCUT2D eigenvalue weighted by atomic mass is 32.2. The van der Waals surface area contributed by atoms with Gasteiger partial charge >= 0.3 is 17.5 Å². The van der Waals surface area contributed by atoms with Gasteiger partial charge in [-0.25, -0.2) is 0 Å². The van der Waals surface area contributed by atoms with E-state index in [4.69, 9.17) is 0 Å². The van der Waals surface area contributed by atoms with Crippen molar-refractivity contribution in [2.45, 2.75) is 12.6 Å². The fraction of sp³-hybridized carbons (Fsp3) is 0.500. The van der Waals surface area contributed by atoms with E-state index in [0.717, 1.165) is 0 Å². The lowest BCUT2D eigenvalue weighted by Crippen LogP contribution is -2.08. The summed E-state index contributed by atoms with van der Waals surface area (Å²) in [6, 6.07) is 0. The molecule has 0 amide bonds. The maximum Gasteiger partial charge on any atom is 0.417 e. The lowest BCUT2D eigenvalue weighted by atomic mass is 10.4. The Balaban J connectivity index is 2.46. The summed E-state index contributed by atoms with van der Waals surface area (Å²) in [6.07, 6.45) is -4.91. The molecule has 0 saturated carbocycles. The Bertz CT molecular complexity index is 209. The summed E-state index contributed by atoms with van der Waals surface area (Å²) < 4.78 is 53.1. The van der Waals surface area contributed by atoms with Gasteiger partial charge in [0.05, 0.1) is 0 Å². The monoisotopic (exact) mass is 188 g/mol. The van der Waals surface area contributed by atoms with Gasteiger partial charge in [0.25, 0.3) is 0 Å². The first kappa shape index (κ1) is 8.38. The second-order valence-corrected chi connectivity index (χ2v) is 2.53. The molecule has 0 saturated heterocycles. The molecule has 0 aromatic carbocycles. The third kappa shape index (κ3) is 2.79. The van der Waals surface area contributed by atoms with Crippen LogP contribution in [0.2, 0.25) is 0 Å². The first-order chi connectivity index (χ1) is 4.97. The molecule has 1 aliphatic rings. The molecular weight excluding hydrogens is 185 g/mol. The van der Waals surface area contributed by atoms with E-state index in [1.807, 2.05) is 0 Å². The molecule has 7 heteroatoms. The Morgan fingerprint density at radius 1 is 1.55 bits per heavy atom. The molecule has 0 aliphatic carbocycles. The number of alkyl halides is 3. The molecule has 0 aromatic rings. The van der Waals surface area contributed by atoms with Crippen LogP contribution in [0.4, 0.5) is 13.2 Å². The molecular formula is C4H3F3O3S. The van der Waals surface area contributed by atoms with Gasteiger partial charge in [0.2, 0.25) is 0 Å². The first-order valence-corrected chi connectivity index (χ1v) is 3.50. The molecule has 0 radical (unpaired) electrons. The highest BCUT2D eigenvalue weighted by Crippen LogP contribution is 2.27. The minimum Gasteiger partial charge on any atom is -0.375 e.